The highest BCUT2D eigenvalue weighted by Crippen LogP contribution is 2.53. The van der Waals surface area contributed by atoms with Crippen LogP contribution in [0, 0.1) is 11.3 Å². The summed E-state index contributed by atoms with van der Waals surface area (Å²) in [4.78, 5) is 0. The summed E-state index contributed by atoms with van der Waals surface area (Å²) in [5.74, 6) is 0.906. The van der Waals surface area contributed by atoms with E-state index in [1.165, 1.54) is 45.3 Å². The van der Waals surface area contributed by atoms with Gasteiger partial charge in [-0.3, -0.25) is 0 Å². The molecule has 1 aliphatic heterocycles. The summed E-state index contributed by atoms with van der Waals surface area (Å²) in [5.41, 5.74) is 0.721. The highest BCUT2D eigenvalue weighted by molar-refractivity contribution is 5.05. The molecule has 1 unspecified atom stereocenters. The van der Waals surface area contributed by atoms with Crippen molar-refractivity contribution in [3.05, 3.63) is 0 Å². The van der Waals surface area contributed by atoms with Crippen molar-refractivity contribution < 1.29 is 0 Å². The van der Waals surface area contributed by atoms with E-state index in [1.807, 2.05) is 0 Å². The van der Waals surface area contributed by atoms with Gasteiger partial charge in [-0.2, -0.15) is 0 Å². The predicted octanol–water partition coefficient (Wildman–Crippen LogP) is 1.76. The normalized spacial score (nSPS) is 28.9. The van der Waals surface area contributed by atoms with E-state index < -0.39 is 0 Å². The predicted molar refractivity (Wildman–Crippen MR) is 60.4 cm³/mol. The van der Waals surface area contributed by atoms with E-state index in [9.17, 15) is 0 Å². The molecule has 0 aromatic rings. The van der Waals surface area contributed by atoms with E-state index >= 15 is 0 Å². The molecular weight excluding hydrogens is 172 g/mol. The molecule has 82 valence electrons. The van der Waals surface area contributed by atoms with Gasteiger partial charge in [0.15, 0.2) is 0 Å². The summed E-state index contributed by atoms with van der Waals surface area (Å²) in [6.45, 7) is 8.32. The summed E-state index contributed by atoms with van der Waals surface area (Å²) in [7, 11) is 0. The van der Waals surface area contributed by atoms with Crippen molar-refractivity contribution in [2.24, 2.45) is 11.3 Å². The molecule has 2 N–H and O–H groups in total. The molecule has 2 fully saturated rings. The summed E-state index contributed by atoms with van der Waals surface area (Å²) in [6, 6.07) is 0.742. The Morgan fingerprint density at radius 2 is 2.07 bits per heavy atom. The first-order valence-electron chi connectivity index (χ1n) is 6.25. The first kappa shape index (κ1) is 10.4. The van der Waals surface area contributed by atoms with Crippen LogP contribution in [0.3, 0.4) is 0 Å². The Balaban J connectivity index is 1.74. The summed E-state index contributed by atoms with van der Waals surface area (Å²) in [6.07, 6.45) is 5.47. The molecule has 1 heterocycles. The van der Waals surface area contributed by atoms with Gasteiger partial charge in [-0.25, -0.2) is 0 Å². The molecule has 1 saturated heterocycles. The van der Waals surface area contributed by atoms with Crippen molar-refractivity contribution in [1.82, 2.24) is 10.6 Å². The standard InChI is InChI=1S/C12H24N2/c1-3-11(4-2)14-8-10-7-13-9-12(10)5-6-12/h10-11,13-14H,3-9H2,1-2H3. The van der Waals surface area contributed by atoms with Crippen molar-refractivity contribution in [1.29, 1.82) is 0 Å². The SMILES string of the molecule is CCC(CC)NCC1CNCC12CC2. The fraction of sp³-hybridized carbons (Fsp3) is 1.00. The second-order valence-corrected chi connectivity index (χ2v) is 5.11. The molecule has 2 nitrogen and oxygen atoms in total. The fourth-order valence-electron chi connectivity index (χ4n) is 2.78. The van der Waals surface area contributed by atoms with Crippen LogP contribution < -0.4 is 10.6 Å². The van der Waals surface area contributed by atoms with Gasteiger partial charge in [-0.05, 0) is 43.6 Å². The first-order valence-corrected chi connectivity index (χ1v) is 6.25. The van der Waals surface area contributed by atoms with Gasteiger partial charge in [0.25, 0.3) is 0 Å². The van der Waals surface area contributed by atoms with Crippen LogP contribution in [0.15, 0.2) is 0 Å². The zero-order valence-electron chi connectivity index (χ0n) is 9.60. The lowest BCUT2D eigenvalue weighted by Gasteiger charge is -2.21. The number of hydrogen-bond donors (Lipinski definition) is 2. The molecule has 1 atom stereocenters. The van der Waals surface area contributed by atoms with Gasteiger partial charge >= 0.3 is 0 Å². The van der Waals surface area contributed by atoms with Crippen molar-refractivity contribution in [3.8, 4) is 0 Å². The van der Waals surface area contributed by atoms with Crippen LogP contribution in [0.1, 0.15) is 39.5 Å². The van der Waals surface area contributed by atoms with E-state index in [-0.39, 0.29) is 0 Å². The lowest BCUT2D eigenvalue weighted by atomic mass is 9.92. The number of rotatable bonds is 5. The summed E-state index contributed by atoms with van der Waals surface area (Å²) in [5, 5.41) is 7.26. The fourth-order valence-corrected chi connectivity index (χ4v) is 2.78. The zero-order chi connectivity index (χ0) is 10.0. The highest BCUT2D eigenvalue weighted by atomic mass is 15.0. The third kappa shape index (κ3) is 1.96. The minimum atomic E-state index is 0.721. The Labute approximate surface area is 87.8 Å². The van der Waals surface area contributed by atoms with Crippen molar-refractivity contribution in [3.63, 3.8) is 0 Å². The maximum Gasteiger partial charge on any atom is 0.00619 e. The Hall–Kier alpha value is -0.0800. The van der Waals surface area contributed by atoms with Crippen LogP contribution in [-0.4, -0.2) is 25.7 Å². The summed E-state index contributed by atoms with van der Waals surface area (Å²) >= 11 is 0. The lowest BCUT2D eigenvalue weighted by Crippen LogP contribution is -2.35. The van der Waals surface area contributed by atoms with Crippen LogP contribution in [0.2, 0.25) is 0 Å². The largest absolute Gasteiger partial charge is 0.316 e. The summed E-state index contributed by atoms with van der Waals surface area (Å²) < 4.78 is 0. The molecule has 2 heteroatoms. The van der Waals surface area contributed by atoms with E-state index in [0.29, 0.717) is 0 Å². The molecule has 0 bridgehead atoms. The minimum absolute atomic E-state index is 0.721. The molecule has 0 aromatic carbocycles. The topological polar surface area (TPSA) is 24.1 Å². The smallest absolute Gasteiger partial charge is 0.00619 e. The monoisotopic (exact) mass is 196 g/mol. The molecule has 1 saturated carbocycles. The first-order chi connectivity index (χ1) is 6.80. The van der Waals surface area contributed by atoms with E-state index in [2.05, 4.69) is 24.5 Å². The Morgan fingerprint density at radius 1 is 1.36 bits per heavy atom. The van der Waals surface area contributed by atoms with Crippen molar-refractivity contribution in [2.75, 3.05) is 19.6 Å². The Kier molecular flexibility index (Phi) is 3.13. The second-order valence-electron chi connectivity index (χ2n) is 5.11. The van der Waals surface area contributed by atoms with Gasteiger partial charge in [0.05, 0.1) is 0 Å². The zero-order valence-corrected chi connectivity index (χ0v) is 9.60. The van der Waals surface area contributed by atoms with Crippen LogP contribution in [0.25, 0.3) is 0 Å². The third-order valence-corrected chi connectivity index (χ3v) is 4.26. The van der Waals surface area contributed by atoms with E-state index in [1.54, 1.807) is 0 Å². The maximum absolute atomic E-state index is 3.72. The van der Waals surface area contributed by atoms with Gasteiger partial charge in [0, 0.05) is 19.1 Å². The van der Waals surface area contributed by atoms with Crippen molar-refractivity contribution in [2.45, 2.75) is 45.6 Å². The molecule has 0 radical (unpaired) electrons. The third-order valence-electron chi connectivity index (χ3n) is 4.26. The van der Waals surface area contributed by atoms with Crippen LogP contribution in [-0.2, 0) is 0 Å². The molecule has 1 spiro atoms. The molecule has 2 aliphatic rings. The molecule has 14 heavy (non-hydrogen) atoms. The molecule has 1 aliphatic carbocycles. The van der Waals surface area contributed by atoms with E-state index in [0.717, 1.165) is 17.4 Å². The quantitative estimate of drug-likeness (QED) is 0.700. The number of nitrogens with one attached hydrogen (secondary N) is 2. The average molecular weight is 196 g/mol. The van der Waals surface area contributed by atoms with Gasteiger partial charge in [0.2, 0.25) is 0 Å². The van der Waals surface area contributed by atoms with Crippen LogP contribution in [0.5, 0.6) is 0 Å². The Morgan fingerprint density at radius 3 is 2.64 bits per heavy atom. The Bertz CT molecular complexity index is 183. The van der Waals surface area contributed by atoms with Gasteiger partial charge in [0.1, 0.15) is 0 Å². The molecule has 0 aromatic heterocycles. The minimum Gasteiger partial charge on any atom is -0.316 e. The molecule has 2 rings (SSSR count). The molecular formula is C12H24N2. The second kappa shape index (κ2) is 4.19. The molecule has 0 amide bonds. The van der Waals surface area contributed by atoms with Gasteiger partial charge in [-0.15, -0.1) is 0 Å². The number of hydrogen-bond acceptors (Lipinski definition) is 2. The average Bonchev–Trinajstić information content (AvgIpc) is 2.85. The van der Waals surface area contributed by atoms with Gasteiger partial charge < -0.3 is 10.6 Å². The highest BCUT2D eigenvalue weighted by Gasteiger charge is 2.51. The van der Waals surface area contributed by atoms with Crippen LogP contribution >= 0.6 is 0 Å². The van der Waals surface area contributed by atoms with E-state index in [4.69, 9.17) is 0 Å². The van der Waals surface area contributed by atoms with Crippen LogP contribution in [0.4, 0.5) is 0 Å². The lowest BCUT2D eigenvalue weighted by molar-refractivity contribution is 0.346. The maximum atomic E-state index is 3.72. The van der Waals surface area contributed by atoms with Gasteiger partial charge in [-0.1, -0.05) is 13.8 Å². The van der Waals surface area contributed by atoms with Crippen molar-refractivity contribution >= 4 is 0 Å².